The highest BCUT2D eigenvalue weighted by molar-refractivity contribution is 7.89. The molecule has 0 saturated heterocycles. The zero-order chi connectivity index (χ0) is 21.7. The molecule has 0 aliphatic heterocycles. The molecule has 0 spiro atoms. The normalized spacial score (nSPS) is 16.1. The average Bonchev–Trinajstić information content (AvgIpc) is 3.22. The van der Waals surface area contributed by atoms with Crippen molar-refractivity contribution in [2.24, 2.45) is 0 Å². The highest BCUT2D eigenvalue weighted by atomic mass is 35.5. The zero-order valence-electron chi connectivity index (χ0n) is 16.3. The molecule has 30 heavy (non-hydrogen) atoms. The van der Waals surface area contributed by atoms with Crippen molar-refractivity contribution in [3.05, 3.63) is 62.1 Å². The Labute approximate surface area is 198 Å². The molecule has 0 radical (unpaired) electrons. The van der Waals surface area contributed by atoms with Crippen LogP contribution in [-0.4, -0.2) is 27.5 Å². The van der Waals surface area contributed by atoms with Gasteiger partial charge in [0.05, 0.1) is 25.0 Å². The average molecular weight is 510 g/mol. The molecule has 0 bridgehead atoms. The molecular weight excluding hydrogens is 486 g/mol. The first kappa shape index (κ1) is 24.1. The van der Waals surface area contributed by atoms with Crippen molar-refractivity contribution in [1.29, 1.82) is 0 Å². The number of hydrogen-bond acceptors (Lipinski definition) is 3. The highest BCUT2D eigenvalue weighted by Crippen LogP contribution is 2.29. The van der Waals surface area contributed by atoms with Gasteiger partial charge in [-0.15, -0.1) is 0 Å². The Morgan fingerprint density at radius 2 is 1.53 bits per heavy atom. The molecule has 2 aromatic carbocycles. The van der Waals surface area contributed by atoms with Gasteiger partial charge in [0.1, 0.15) is 0 Å². The molecule has 4 nitrogen and oxygen atoms in total. The summed E-state index contributed by atoms with van der Waals surface area (Å²) in [6, 6.07) is 10.2. The van der Waals surface area contributed by atoms with E-state index in [4.69, 9.17) is 46.4 Å². The van der Waals surface area contributed by atoms with Gasteiger partial charge in [-0.25, -0.2) is 13.1 Å². The van der Waals surface area contributed by atoms with Crippen molar-refractivity contribution >= 4 is 56.4 Å². The van der Waals surface area contributed by atoms with Crippen LogP contribution in [0, 0.1) is 0 Å². The molecule has 1 fully saturated rings. The second-order valence-corrected chi connectivity index (χ2v) is 10.9. The molecular formula is C21H24Cl4N2O2S. The fourth-order valence-corrected chi connectivity index (χ4v) is 5.46. The molecule has 1 unspecified atom stereocenters. The Hall–Kier alpha value is -0.530. The summed E-state index contributed by atoms with van der Waals surface area (Å²) in [5, 5.41) is 5.01. The number of nitrogens with one attached hydrogen (secondary N) is 2. The molecule has 2 N–H and O–H groups in total. The van der Waals surface area contributed by atoms with Gasteiger partial charge < -0.3 is 5.32 Å². The van der Waals surface area contributed by atoms with Crippen molar-refractivity contribution in [1.82, 2.24) is 10.0 Å². The van der Waals surface area contributed by atoms with E-state index in [0.29, 0.717) is 21.1 Å². The molecule has 9 heteroatoms. The predicted octanol–water partition coefficient (Wildman–Crippen LogP) is 6.28. The van der Waals surface area contributed by atoms with Crippen LogP contribution >= 0.6 is 46.4 Å². The molecule has 1 atom stereocenters. The molecule has 1 saturated carbocycles. The van der Waals surface area contributed by atoms with Crippen molar-refractivity contribution in [3.8, 4) is 0 Å². The van der Waals surface area contributed by atoms with Crippen molar-refractivity contribution < 1.29 is 8.42 Å². The summed E-state index contributed by atoms with van der Waals surface area (Å²) in [7, 11) is -3.73. The third kappa shape index (κ3) is 6.49. The van der Waals surface area contributed by atoms with E-state index in [-0.39, 0.29) is 22.4 Å². The maximum Gasteiger partial charge on any atom is 0.240 e. The first-order chi connectivity index (χ1) is 14.3. The lowest BCUT2D eigenvalue weighted by molar-refractivity contribution is 0.484. The van der Waals surface area contributed by atoms with Gasteiger partial charge in [0.15, 0.2) is 0 Å². The molecule has 164 valence electrons. The predicted molar refractivity (Wildman–Crippen MR) is 126 cm³/mol. The molecule has 0 amide bonds. The second-order valence-electron chi connectivity index (χ2n) is 7.52. The molecule has 1 aliphatic rings. The Morgan fingerprint density at radius 1 is 0.900 bits per heavy atom. The Kier molecular flexibility index (Phi) is 8.73. The number of benzene rings is 2. The molecule has 1 aliphatic carbocycles. The van der Waals surface area contributed by atoms with Crippen molar-refractivity contribution in [3.63, 3.8) is 0 Å². The summed E-state index contributed by atoms with van der Waals surface area (Å²) in [4.78, 5) is 0.0777. The second kappa shape index (κ2) is 10.9. The highest BCUT2D eigenvalue weighted by Gasteiger charge is 2.21. The van der Waals surface area contributed by atoms with Gasteiger partial charge in [-0.3, -0.25) is 0 Å². The lowest BCUT2D eigenvalue weighted by Gasteiger charge is -2.21. The Balaban J connectivity index is 1.71. The van der Waals surface area contributed by atoms with E-state index < -0.39 is 10.0 Å². The quantitative estimate of drug-likeness (QED) is 0.417. The van der Waals surface area contributed by atoms with E-state index in [0.717, 1.165) is 18.5 Å². The standard InChI is InChI=1S/C21H24Cl4N2O2S/c22-18-7-5-14(11-20(18)24)15(9-10-26-16-3-1-2-4-16)13-27-30(28,29)17-6-8-19(23)21(25)12-17/h5-8,11-12,15-16,26-27H,1-4,9-10,13H2. The van der Waals surface area contributed by atoms with E-state index in [9.17, 15) is 8.42 Å². The summed E-state index contributed by atoms with van der Waals surface area (Å²) in [6.45, 7) is 1.02. The monoisotopic (exact) mass is 508 g/mol. The maximum atomic E-state index is 12.8. The number of rotatable bonds is 9. The van der Waals surface area contributed by atoms with Crippen LogP contribution in [-0.2, 0) is 10.0 Å². The van der Waals surface area contributed by atoms with E-state index in [1.54, 1.807) is 12.1 Å². The lowest BCUT2D eigenvalue weighted by Crippen LogP contribution is -2.32. The van der Waals surface area contributed by atoms with Gasteiger partial charge in [0.25, 0.3) is 0 Å². The summed E-state index contributed by atoms with van der Waals surface area (Å²) in [6.07, 6.45) is 5.68. The first-order valence-electron chi connectivity index (χ1n) is 9.89. The third-order valence-corrected chi connectivity index (χ3v) is 8.32. The molecule has 0 heterocycles. The van der Waals surface area contributed by atoms with E-state index in [1.807, 2.05) is 6.07 Å². The molecule has 2 aromatic rings. The Bertz CT molecular complexity index is 979. The summed E-state index contributed by atoms with van der Waals surface area (Å²) in [5.41, 5.74) is 0.939. The van der Waals surface area contributed by atoms with Crippen LogP contribution in [0.15, 0.2) is 41.3 Å². The van der Waals surface area contributed by atoms with Crippen molar-refractivity contribution in [2.45, 2.75) is 49.0 Å². The minimum atomic E-state index is -3.73. The van der Waals surface area contributed by atoms with Crippen LogP contribution in [0.25, 0.3) is 0 Å². The minimum absolute atomic E-state index is 0.0637. The smallest absolute Gasteiger partial charge is 0.240 e. The van der Waals surface area contributed by atoms with Gasteiger partial charge >= 0.3 is 0 Å². The van der Waals surface area contributed by atoms with Crippen molar-refractivity contribution in [2.75, 3.05) is 13.1 Å². The van der Waals surface area contributed by atoms with Gasteiger partial charge in [0.2, 0.25) is 10.0 Å². The number of halogens is 4. The van der Waals surface area contributed by atoms with E-state index >= 15 is 0 Å². The van der Waals surface area contributed by atoms with Crippen LogP contribution < -0.4 is 10.0 Å². The fourth-order valence-electron chi connectivity index (χ4n) is 3.68. The summed E-state index contributed by atoms with van der Waals surface area (Å²) >= 11 is 24.1. The Morgan fingerprint density at radius 3 is 2.17 bits per heavy atom. The topological polar surface area (TPSA) is 58.2 Å². The molecule has 0 aromatic heterocycles. The SMILES string of the molecule is O=S(=O)(NCC(CCNC1CCCC1)c1ccc(Cl)c(Cl)c1)c1ccc(Cl)c(Cl)c1. The summed E-state index contributed by atoms with van der Waals surface area (Å²) < 4.78 is 28.2. The van der Waals surface area contributed by atoms with E-state index in [2.05, 4.69) is 10.0 Å². The van der Waals surface area contributed by atoms with Gasteiger partial charge in [-0.2, -0.15) is 0 Å². The lowest BCUT2D eigenvalue weighted by atomic mass is 9.95. The van der Waals surface area contributed by atoms with Crippen LogP contribution in [0.5, 0.6) is 0 Å². The van der Waals surface area contributed by atoms with Crippen LogP contribution in [0.4, 0.5) is 0 Å². The summed E-state index contributed by atoms with van der Waals surface area (Å²) in [5.74, 6) is -0.0637. The molecule has 3 rings (SSSR count). The van der Waals surface area contributed by atoms with Crippen LogP contribution in [0.1, 0.15) is 43.6 Å². The van der Waals surface area contributed by atoms with Gasteiger partial charge in [0, 0.05) is 12.6 Å². The largest absolute Gasteiger partial charge is 0.314 e. The first-order valence-corrected chi connectivity index (χ1v) is 12.9. The maximum absolute atomic E-state index is 12.8. The third-order valence-electron chi connectivity index (χ3n) is 5.42. The van der Waals surface area contributed by atoms with Crippen LogP contribution in [0.2, 0.25) is 20.1 Å². The van der Waals surface area contributed by atoms with E-state index in [1.165, 1.54) is 43.9 Å². The zero-order valence-corrected chi connectivity index (χ0v) is 20.1. The number of hydrogen-bond donors (Lipinski definition) is 2. The number of sulfonamides is 1. The van der Waals surface area contributed by atoms with Gasteiger partial charge in [-0.1, -0.05) is 65.3 Å². The fraction of sp³-hybridized carbons (Fsp3) is 0.429. The van der Waals surface area contributed by atoms with Gasteiger partial charge in [-0.05, 0) is 67.6 Å². The minimum Gasteiger partial charge on any atom is -0.314 e. The van der Waals surface area contributed by atoms with Crippen LogP contribution in [0.3, 0.4) is 0 Å².